The number of benzene rings is 1. The van der Waals surface area contributed by atoms with E-state index in [0.717, 1.165) is 11.3 Å². The number of aryl methyl sites for hydroxylation is 1. The van der Waals surface area contributed by atoms with Crippen molar-refractivity contribution in [3.63, 3.8) is 0 Å². The summed E-state index contributed by atoms with van der Waals surface area (Å²) in [4.78, 5) is 34.9. The lowest BCUT2D eigenvalue weighted by molar-refractivity contribution is 0.0163. The quantitative estimate of drug-likeness (QED) is 0.390. The molecular formula is C28H31ClFN7O2. The van der Waals surface area contributed by atoms with Crippen LogP contribution in [0.5, 0.6) is 0 Å². The van der Waals surface area contributed by atoms with Crippen LogP contribution in [-0.2, 0) is 5.41 Å². The van der Waals surface area contributed by atoms with Crippen LogP contribution in [0.2, 0.25) is 5.02 Å². The summed E-state index contributed by atoms with van der Waals surface area (Å²) in [7, 11) is 0. The molecule has 1 saturated heterocycles. The van der Waals surface area contributed by atoms with E-state index >= 15 is 0 Å². The summed E-state index contributed by atoms with van der Waals surface area (Å²) in [6, 6.07) is 8.15. The van der Waals surface area contributed by atoms with E-state index in [1.54, 1.807) is 32.6 Å². The van der Waals surface area contributed by atoms with Crippen LogP contribution in [-0.4, -0.2) is 71.6 Å². The minimum Gasteiger partial charge on any atom is -0.333 e. The smallest absolute Gasteiger partial charge is 0.274 e. The molecule has 204 valence electrons. The molecule has 1 N–H and O–H groups in total. The number of H-pyrrole nitrogens is 1. The molecule has 9 nitrogen and oxygen atoms in total. The molecule has 39 heavy (non-hydrogen) atoms. The number of nitrogens with one attached hydrogen (secondary N) is 1. The number of aromatic nitrogens is 5. The number of halogens is 2. The molecule has 1 aromatic carbocycles. The fraction of sp³-hybridized carbons (Fsp3) is 0.393. The van der Waals surface area contributed by atoms with Gasteiger partial charge in [-0.15, -0.1) is 0 Å². The van der Waals surface area contributed by atoms with Gasteiger partial charge in [0, 0.05) is 30.8 Å². The van der Waals surface area contributed by atoms with Gasteiger partial charge in [-0.1, -0.05) is 38.4 Å². The van der Waals surface area contributed by atoms with Crippen LogP contribution in [0.15, 0.2) is 36.5 Å². The number of carbonyl (C=O) groups is 2. The SMILES string of the molecule is Cc1cc(C(=O)N2CCN(C(=O)c3cn4nc(-c5ccc(Cl)c(F)c5)cc(C(C)(C)C)c4n3)C(C)(C)C2)[nH]n1. The van der Waals surface area contributed by atoms with Crippen molar-refractivity contribution in [1.82, 2.24) is 34.6 Å². The molecule has 0 aliphatic carbocycles. The van der Waals surface area contributed by atoms with E-state index < -0.39 is 11.4 Å². The fourth-order valence-corrected chi connectivity index (χ4v) is 5.09. The predicted octanol–water partition coefficient (Wildman–Crippen LogP) is 4.89. The summed E-state index contributed by atoms with van der Waals surface area (Å²) in [5.41, 5.74) is 3.00. The van der Waals surface area contributed by atoms with Crippen molar-refractivity contribution in [2.24, 2.45) is 0 Å². The van der Waals surface area contributed by atoms with Crippen LogP contribution >= 0.6 is 11.6 Å². The first-order chi connectivity index (χ1) is 18.2. The minimum atomic E-state index is -0.637. The second-order valence-electron chi connectivity index (χ2n) is 11.6. The molecule has 0 bridgehead atoms. The third kappa shape index (κ3) is 5.01. The van der Waals surface area contributed by atoms with Gasteiger partial charge in [-0.3, -0.25) is 14.7 Å². The van der Waals surface area contributed by atoms with Crippen LogP contribution in [0.1, 0.15) is 66.9 Å². The van der Waals surface area contributed by atoms with Crippen LogP contribution in [0, 0.1) is 12.7 Å². The van der Waals surface area contributed by atoms with Crippen LogP contribution in [0.3, 0.4) is 0 Å². The molecule has 0 unspecified atom stereocenters. The van der Waals surface area contributed by atoms with Gasteiger partial charge in [0.15, 0.2) is 5.65 Å². The molecular weight excluding hydrogens is 521 g/mol. The zero-order valence-electron chi connectivity index (χ0n) is 22.8. The van der Waals surface area contributed by atoms with Crippen molar-refractivity contribution in [3.05, 3.63) is 70.0 Å². The number of imidazole rings is 1. The highest BCUT2D eigenvalue weighted by Crippen LogP contribution is 2.32. The number of rotatable bonds is 3. The highest BCUT2D eigenvalue weighted by atomic mass is 35.5. The number of hydrogen-bond acceptors (Lipinski definition) is 5. The lowest BCUT2D eigenvalue weighted by Gasteiger charge is -2.46. The van der Waals surface area contributed by atoms with Crippen molar-refractivity contribution in [1.29, 1.82) is 0 Å². The van der Waals surface area contributed by atoms with Gasteiger partial charge in [-0.2, -0.15) is 10.2 Å². The van der Waals surface area contributed by atoms with Crippen molar-refractivity contribution in [3.8, 4) is 11.3 Å². The van der Waals surface area contributed by atoms with Gasteiger partial charge < -0.3 is 9.80 Å². The number of hydrogen-bond donors (Lipinski definition) is 1. The molecule has 1 aliphatic heterocycles. The first-order valence-corrected chi connectivity index (χ1v) is 13.1. The van der Waals surface area contributed by atoms with E-state index in [0.29, 0.717) is 42.2 Å². The fourth-order valence-electron chi connectivity index (χ4n) is 4.97. The third-order valence-corrected chi connectivity index (χ3v) is 7.35. The van der Waals surface area contributed by atoms with E-state index in [1.807, 2.05) is 47.6 Å². The zero-order chi connectivity index (χ0) is 28.3. The molecule has 0 atom stereocenters. The Labute approximate surface area is 231 Å². The number of aromatic amines is 1. The average molecular weight is 552 g/mol. The molecule has 2 amide bonds. The molecule has 4 heterocycles. The molecule has 5 rings (SSSR count). The third-order valence-electron chi connectivity index (χ3n) is 7.04. The molecule has 11 heteroatoms. The number of amides is 2. The molecule has 1 fully saturated rings. The number of fused-ring (bicyclic) bond motifs is 1. The number of piperazine rings is 1. The number of nitrogens with zero attached hydrogens (tertiary/aromatic N) is 6. The van der Waals surface area contributed by atoms with E-state index in [2.05, 4.69) is 15.3 Å². The lowest BCUT2D eigenvalue weighted by atomic mass is 9.87. The Hall–Kier alpha value is -3.79. The monoisotopic (exact) mass is 551 g/mol. The van der Waals surface area contributed by atoms with Crippen molar-refractivity contribution in [2.45, 2.75) is 52.5 Å². The van der Waals surface area contributed by atoms with Gasteiger partial charge in [0.25, 0.3) is 11.8 Å². The van der Waals surface area contributed by atoms with E-state index in [1.165, 1.54) is 12.1 Å². The van der Waals surface area contributed by atoms with Crippen LogP contribution < -0.4 is 0 Å². The zero-order valence-corrected chi connectivity index (χ0v) is 23.6. The Morgan fingerprint density at radius 3 is 2.46 bits per heavy atom. The molecule has 0 saturated carbocycles. The maximum Gasteiger partial charge on any atom is 0.274 e. The highest BCUT2D eigenvalue weighted by Gasteiger charge is 2.40. The van der Waals surface area contributed by atoms with Crippen molar-refractivity contribution in [2.75, 3.05) is 19.6 Å². The van der Waals surface area contributed by atoms with Gasteiger partial charge in [0.1, 0.15) is 17.2 Å². The Bertz CT molecular complexity index is 1600. The first-order valence-electron chi connectivity index (χ1n) is 12.7. The normalized spacial score (nSPS) is 15.7. The van der Waals surface area contributed by atoms with Gasteiger partial charge in [0.2, 0.25) is 0 Å². The standard InChI is InChI=1S/C28H31ClFN7O2/c1-16-11-22(33-32-16)25(38)35-9-10-36(28(5,6)15-35)26(39)23-14-37-24(31-23)18(27(2,3)4)13-21(34-37)17-7-8-19(29)20(30)12-17/h7-8,11-14H,9-10,15H2,1-6H3,(H,32,33). The summed E-state index contributed by atoms with van der Waals surface area (Å²) < 4.78 is 15.8. The Balaban J connectivity index is 1.47. The summed E-state index contributed by atoms with van der Waals surface area (Å²) in [6.45, 7) is 12.9. The summed E-state index contributed by atoms with van der Waals surface area (Å²) in [5, 5.41) is 11.5. The minimum absolute atomic E-state index is 0.0375. The van der Waals surface area contributed by atoms with Gasteiger partial charge in [0.05, 0.1) is 28.1 Å². The average Bonchev–Trinajstić information content (AvgIpc) is 3.49. The Morgan fingerprint density at radius 1 is 1.10 bits per heavy atom. The first kappa shape index (κ1) is 26.8. The summed E-state index contributed by atoms with van der Waals surface area (Å²) in [5.74, 6) is -0.917. The van der Waals surface area contributed by atoms with E-state index in [9.17, 15) is 14.0 Å². The van der Waals surface area contributed by atoms with Crippen LogP contribution in [0.25, 0.3) is 16.9 Å². The second kappa shape index (κ2) is 9.44. The van der Waals surface area contributed by atoms with Gasteiger partial charge in [-0.25, -0.2) is 13.9 Å². The number of carbonyl (C=O) groups excluding carboxylic acids is 2. The van der Waals surface area contributed by atoms with Gasteiger partial charge >= 0.3 is 0 Å². The summed E-state index contributed by atoms with van der Waals surface area (Å²) >= 11 is 5.88. The Kier molecular flexibility index (Phi) is 6.49. The topological polar surface area (TPSA) is 99.5 Å². The van der Waals surface area contributed by atoms with Gasteiger partial charge in [-0.05, 0) is 50.5 Å². The Morgan fingerprint density at radius 2 is 1.85 bits per heavy atom. The molecule has 1 aliphatic rings. The highest BCUT2D eigenvalue weighted by molar-refractivity contribution is 6.30. The molecule has 4 aromatic rings. The predicted molar refractivity (Wildman–Crippen MR) is 146 cm³/mol. The molecule has 3 aromatic heterocycles. The van der Waals surface area contributed by atoms with Crippen molar-refractivity contribution >= 4 is 29.1 Å². The largest absolute Gasteiger partial charge is 0.333 e. The molecule has 0 spiro atoms. The second-order valence-corrected chi connectivity index (χ2v) is 12.0. The lowest BCUT2D eigenvalue weighted by Crippen LogP contribution is -2.62. The maximum absolute atomic E-state index is 14.2. The maximum atomic E-state index is 14.2. The van der Waals surface area contributed by atoms with Crippen LogP contribution in [0.4, 0.5) is 4.39 Å². The summed E-state index contributed by atoms with van der Waals surface area (Å²) in [6.07, 6.45) is 1.61. The van der Waals surface area contributed by atoms with E-state index in [-0.39, 0.29) is 27.9 Å². The van der Waals surface area contributed by atoms with Crippen molar-refractivity contribution < 1.29 is 14.0 Å². The molecule has 0 radical (unpaired) electrons. The van der Waals surface area contributed by atoms with E-state index in [4.69, 9.17) is 16.6 Å².